The minimum absolute atomic E-state index is 0.122. The van der Waals surface area contributed by atoms with Crippen molar-refractivity contribution >= 4 is 23.2 Å². The Kier molecular flexibility index (Phi) is 4.06. The predicted octanol–water partition coefficient (Wildman–Crippen LogP) is 3.56. The second-order valence-corrected chi connectivity index (χ2v) is 5.78. The number of benzene rings is 2. The smallest absolute Gasteiger partial charge is 0.270 e. The number of rotatable bonds is 4. The van der Waals surface area contributed by atoms with Gasteiger partial charge in [0.15, 0.2) is 5.65 Å². The molecule has 1 amide bonds. The molecule has 4 rings (SSSR count). The Labute approximate surface area is 153 Å². The predicted molar refractivity (Wildman–Crippen MR) is 99.5 cm³/mol. The van der Waals surface area contributed by atoms with Crippen molar-refractivity contribution in [3.8, 4) is 11.1 Å². The van der Waals surface area contributed by atoms with Crippen LogP contribution < -0.4 is 5.32 Å². The van der Waals surface area contributed by atoms with Crippen molar-refractivity contribution in [1.29, 1.82) is 0 Å². The largest absolute Gasteiger partial charge is 0.289 e. The summed E-state index contributed by atoms with van der Waals surface area (Å²) in [5, 5.41) is 17.6. The Bertz CT molecular complexity index is 1150. The summed E-state index contributed by atoms with van der Waals surface area (Å²) in [7, 11) is 0. The molecule has 1 N–H and O–H groups in total. The van der Waals surface area contributed by atoms with Crippen LogP contribution in [-0.2, 0) is 0 Å². The molecule has 0 atom stereocenters. The summed E-state index contributed by atoms with van der Waals surface area (Å²) >= 11 is 0. The first-order valence-electron chi connectivity index (χ1n) is 8.08. The third-order valence-corrected chi connectivity index (χ3v) is 3.99. The van der Waals surface area contributed by atoms with Gasteiger partial charge in [0.25, 0.3) is 11.6 Å². The first-order valence-corrected chi connectivity index (χ1v) is 8.08. The lowest BCUT2D eigenvalue weighted by atomic mass is 10.1. The van der Waals surface area contributed by atoms with Gasteiger partial charge in [0, 0.05) is 23.9 Å². The number of nitro groups is 1. The molecule has 0 saturated heterocycles. The number of nitrogens with zero attached hydrogens (tertiary/aromatic N) is 4. The summed E-state index contributed by atoms with van der Waals surface area (Å²) in [6.07, 6.45) is 1.76. The molecule has 4 aromatic rings. The monoisotopic (exact) mass is 359 g/mol. The first kappa shape index (κ1) is 16.4. The number of hydrogen-bond acceptors (Lipinski definition) is 5. The lowest BCUT2D eigenvalue weighted by molar-refractivity contribution is -0.384. The first-order chi connectivity index (χ1) is 13.1. The molecule has 132 valence electrons. The van der Waals surface area contributed by atoms with E-state index in [1.54, 1.807) is 10.7 Å². The van der Waals surface area contributed by atoms with Crippen LogP contribution in [0.25, 0.3) is 16.8 Å². The second kappa shape index (κ2) is 6.68. The van der Waals surface area contributed by atoms with Gasteiger partial charge in [0.1, 0.15) is 0 Å². The molecule has 0 aliphatic carbocycles. The highest BCUT2D eigenvalue weighted by atomic mass is 16.6. The van der Waals surface area contributed by atoms with Crippen molar-refractivity contribution in [2.75, 3.05) is 5.32 Å². The number of nitro benzene ring substituents is 1. The fraction of sp³-hybridized carbons (Fsp3) is 0. The fourth-order valence-corrected chi connectivity index (χ4v) is 2.68. The van der Waals surface area contributed by atoms with Crippen LogP contribution in [0.1, 0.15) is 10.4 Å². The molecule has 0 bridgehead atoms. The van der Waals surface area contributed by atoms with Gasteiger partial charge in [0.2, 0.25) is 5.95 Å². The van der Waals surface area contributed by atoms with Gasteiger partial charge in [-0.25, -0.2) is 4.52 Å². The van der Waals surface area contributed by atoms with Gasteiger partial charge in [-0.15, -0.1) is 5.10 Å². The summed E-state index contributed by atoms with van der Waals surface area (Å²) in [4.78, 5) is 26.9. The number of hydrogen-bond donors (Lipinski definition) is 1. The Hall–Kier alpha value is -4.07. The van der Waals surface area contributed by atoms with E-state index in [4.69, 9.17) is 0 Å². The second-order valence-electron chi connectivity index (χ2n) is 5.78. The molecule has 0 aliphatic rings. The number of pyridine rings is 1. The molecule has 0 radical (unpaired) electrons. The topological polar surface area (TPSA) is 102 Å². The molecule has 2 heterocycles. The maximum Gasteiger partial charge on any atom is 0.270 e. The number of non-ortho nitro benzene ring substituents is 1. The molecule has 2 aromatic heterocycles. The van der Waals surface area contributed by atoms with E-state index >= 15 is 0 Å². The Morgan fingerprint density at radius 2 is 1.81 bits per heavy atom. The quantitative estimate of drug-likeness (QED) is 0.443. The van der Waals surface area contributed by atoms with Gasteiger partial charge in [-0.3, -0.25) is 20.2 Å². The summed E-state index contributed by atoms with van der Waals surface area (Å²) in [5.74, 6) is -0.394. The standard InChI is InChI=1S/C19H13N5O3/c25-18(15-7-4-8-16(11-15)24(26)27)21-19-20-17-12-14(9-10-23(17)22-19)13-5-2-1-3-6-13/h1-12H,(H,21,22,25). The van der Waals surface area contributed by atoms with Crippen LogP contribution >= 0.6 is 0 Å². The minimum Gasteiger partial charge on any atom is -0.289 e. The van der Waals surface area contributed by atoms with E-state index in [9.17, 15) is 14.9 Å². The highest BCUT2D eigenvalue weighted by Gasteiger charge is 2.14. The van der Waals surface area contributed by atoms with E-state index in [-0.39, 0.29) is 17.2 Å². The molecule has 0 spiro atoms. The van der Waals surface area contributed by atoms with Crippen molar-refractivity contribution in [2.24, 2.45) is 0 Å². The van der Waals surface area contributed by atoms with E-state index in [2.05, 4.69) is 15.4 Å². The highest BCUT2D eigenvalue weighted by molar-refractivity contribution is 6.03. The van der Waals surface area contributed by atoms with Crippen LogP contribution in [-0.4, -0.2) is 25.4 Å². The highest BCUT2D eigenvalue weighted by Crippen LogP contribution is 2.20. The molecule has 0 aliphatic heterocycles. The molecule has 8 nitrogen and oxygen atoms in total. The molecule has 2 aromatic carbocycles. The SMILES string of the molecule is O=C(Nc1nc2cc(-c3ccccc3)ccn2n1)c1cccc([N+](=O)[O-])c1. The zero-order valence-corrected chi connectivity index (χ0v) is 13.9. The van der Waals surface area contributed by atoms with Crippen LogP contribution in [0, 0.1) is 10.1 Å². The van der Waals surface area contributed by atoms with E-state index in [0.29, 0.717) is 5.65 Å². The third kappa shape index (κ3) is 3.36. The van der Waals surface area contributed by atoms with E-state index in [1.165, 1.54) is 24.3 Å². The number of carbonyl (C=O) groups is 1. The lowest BCUT2D eigenvalue weighted by Gasteiger charge is -2.00. The maximum absolute atomic E-state index is 12.3. The van der Waals surface area contributed by atoms with Crippen molar-refractivity contribution in [1.82, 2.24) is 14.6 Å². The van der Waals surface area contributed by atoms with E-state index in [1.807, 2.05) is 42.5 Å². The van der Waals surface area contributed by atoms with Crippen LogP contribution in [0.4, 0.5) is 11.6 Å². The number of amides is 1. The average molecular weight is 359 g/mol. The van der Waals surface area contributed by atoms with Gasteiger partial charge >= 0.3 is 0 Å². The van der Waals surface area contributed by atoms with E-state index in [0.717, 1.165) is 11.1 Å². The van der Waals surface area contributed by atoms with Gasteiger partial charge in [-0.2, -0.15) is 4.98 Å². The molecule has 27 heavy (non-hydrogen) atoms. The summed E-state index contributed by atoms with van der Waals surface area (Å²) in [6, 6.07) is 19.1. The van der Waals surface area contributed by atoms with Crippen LogP contribution in [0.2, 0.25) is 0 Å². The van der Waals surface area contributed by atoms with Gasteiger partial charge in [0.05, 0.1) is 4.92 Å². The number of nitrogens with one attached hydrogen (secondary N) is 1. The van der Waals surface area contributed by atoms with Gasteiger partial charge < -0.3 is 0 Å². The number of fused-ring (bicyclic) bond motifs is 1. The molecule has 8 heteroatoms. The number of anilines is 1. The maximum atomic E-state index is 12.3. The summed E-state index contributed by atoms with van der Waals surface area (Å²) < 4.78 is 1.55. The Morgan fingerprint density at radius 3 is 2.59 bits per heavy atom. The molecule has 0 saturated carbocycles. The normalized spacial score (nSPS) is 10.7. The Balaban J connectivity index is 1.60. The lowest BCUT2D eigenvalue weighted by Crippen LogP contribution is -2.13. The Morgan fingerprint density at radius 1 is 1.00 bits per heavy atom. The zero-order chi connectivity index (χ0) is 18.8. The van der Waals surface area contributed by atoms with Gasteiger partial charge in [-0.05, 0) is 29.3 Å². The van der Waals surface area contributed by atoms with Crippen LogP contribution in [0.15, 0.2) is 72.9 Å². The van der Waals surface area contributed by atoms with E-state index < -0.39 is 10.8 Å². The molecule has 0 fully saturated rings. The molecular formula is C19H13N5O3. The van der Waals surface area contributed by atoms with Crippen LogP contribution in [0.3, 0.4) is 0 Å². The van der Waals surface area contributed by atoms with Crippen LogP contribution in [0.5, 0.6) is 0 Å². The summed E-state index contributed by atoms with van der Waals surface area (Å²) in [6.45, 7) is 0. The zero-order valence-electron chi connectivity index (χ0n) is 13.9. The minimum atomic E-state index is -0.551. The van der Waals surface area contributed by atoms with Crippen molar-refractivity contribution in [2.45, 2.75) is 0 Å². The fourth-order valence-electron chi connectivity index (χ4n) is 2.68. The number of aromatic nitrogens is 3. The average Bonchev–Trinajstić information content (AvgIpc) is 3.10. The van der Waals surface area contributed by atoms with Crippen molar-refractivity contribution in [3.63, 3.8) is 0 Å². The summed E-state index contributed by atoms with van der Waals surface area (Å²) in [5.41, 5.74) is 2.61. The van der Waals surface area contributed by atoms with Crippen molar-refractivity contribution in [3.05, 3.63) is 88.6 Å². The van der Waals surface area contributed by atoms with Crippen molar-refractivity contribution < 1.29 is 9.72 Å². The number of carbonyl (C=O) groups excluding carboxylic acids is 1. The third-order valence-electron chi connectivity index (χ3n) is 3.99. The molecular weight excluding hydrogens is 346 g/mol. The molecule has 0 unspecified atom stereocenters. The van der Waals surface area contributed by atoms with Gasteiger partial charge in [-0.1, -0.05) is 36.4 Å².